The Labute approximate surface area is 138 Å². The number of amides is 2. The summed E-state index contributed by atoms with van der Waals surface area (Å²) in [6.07, 6.45) is 1.79. The van der Waals surface area contributed by atoms with Crippen LogP contribution in [0.15, 0.2) is 24.3 Å². The van der Waals surface area contributed by atoms with Crippen molar-refractivity contribution < 1.29 is 14.3 Å². The Hall–Kier alpha value is -2.04. The predicted molar refractivity (Wildman–Crippen MR) is 92.5 cm³/mol. The molecule has 1 aromatic carbocycles. The number of urea groups is 1. The lowest BCUT2D eigenvalue weighted by atomic mass is 10.1. The van der Waals surface area contributed by atoms with Crippen LogP contribution in [-0.2, 0) is 16.0 Å². The average Bonchev–Trinajstić information content (AvgIpc) is 2.44. The van der Waals surface area contributed by atoms with E-state index in [0.717, 1.165) is 12.1 Å². The smallest absolute Gasteiger partial charge is 0.319 e. The third-order valence-electron chi connectivity index (χ3n) is 3.20. The van der Waals surface area contributed by atoms with Gasteiger partial charge >= 0.3 is 12.0 Å². The van der Waals surface area contributed by atoms with E-state index in [9.17, 15) is 9.59 Å². The van der Waals surface area contributed by atoms with Gasteiger partial charge in [0.1, 0.15) is 5.60 Å². The Morgan fingerprint density at radius 1 is 1.17 bits per heavy atom. The number of ether oxygens (including phenoxy) is 1. The maximum absolute atomic E-state index is 11.9. The molecule has 0 saturated heterocycles. The molecule has 0 saturated carbocycles. The molecular weight excluding hydrogens is 292 g/mol. The van der Waals surface area contributed by atoms with Crippen molar-refractivity contribution >= 4 is 17.7 Å². The number of carbonyl (C=O) groups is 2. The van der Waals surface area contributed by atoms with Gasteiger partial charge in [-0.1, -0.05) is 19.1 Å². The van der Waals surface area contributed by atoms with Crippen LogP contribution in [0.3, 0.4) is 0 Å². The number of carbonyl (C=O) groups excluding carboxylic acids is 2. The van der Waals surface area contributed by atoms with Crippen LogP contribution in [0.1, 0.15) is 53.0 Å². The Morgan fingerprint density at radius 2 is 1.78 bits per heavy atom. The summed E-state index contributed by atoms with van der Waals surface area (Å²) in [6, 6.07) is 7.35. The van der Waals surface area contributed by atoms with Gasteiger partial charge in [0.25, 0.3) is 0 Å². The van der Waals surface area contributed by atoms with Crippen molar-refractivity contribution in [3.8, 4) is 0 Å². The first-order valence-electron chi connectivity index (χ1n) is 8.08. The minimum Gasteiger partial charge on any atom is -0.460 e. The number of anilines is 1. The van der Waals surface area contributed by atoms with Crippen LogP contribution >= 0.6 is 0 Å². The molecule has 0 bridgehead atoms. The van der Waals surface area contributed by atoms with E-state index in [1.807, 2.05) is 52.0 Å². The third-order valence-corrected chi connectivity index (χ3v) is 3.20. The number of hydrogen-bond donors (Lipinski definition) is 2. The van der Waals surface area contributed by atoms with Gasteiger partial charge in [-0.25, -0.2) is 4.79 Å². The van der Waals surface area contributed by atoms with Crippen LogP contribution in [0.25, 0.3) is 0 Å². The van der Waals surface area contributed by atoms with E-state index >= 15 is 0 Å². The van der Waals surface area contributed by atoms with Gasteiger partial charge < -0.3 is 15.4 Å². The van der Waals surface area contributed by atoms with Gasteiger partial charge in [-0.05, 0) is 58.2 Å². The SMILES string of the molecule is CCc1ccc(NC(=O)N[C@H](C)CCC(=O)OC(C)(C)C)cc1. The van der Waals surface area contributed by atoms with Crippen molar-refractivity contribution in [3.05, 3.63) is 29.8 Å². The van der Waals surface area contributed by atoms with Crippen molar-refractivity contribution in [1.82, 2.24) is 5.32 Å². The molecule has 1 rings (SSSR count). The lowest BCUT2D eigenvalue weighted by molar-refractivity contribution is -0.155. The van der Waals surface area contributed by atoms with E-state index in [4.69, 9.17) is 4.74 Å². The van der Waals surface area contributed by atoms with E-state index in [1.165, 1.54) is 5.56 Å². The molecule has 0 aliphatic carbocycles. The molecule has 0 unspecified atom stereocenters. The maximum Gasteiger partial charge on any atom is 0.319 e. The molecule has 0 heterocycles. The minimum atomic E-state index is -0.476. The predicted octanol–water partition coefficient (Wildman–Crippen LogP) is 3.88. The molecule has 128 valence electrons. The molecule has 0 radical (unpaired) electrons. The van der Waals surface area contributed by atoms with Crippen LogP contribution < -0.4 is 10.6 Å². The first-order valence-corrected chi connectivity index (χ1v) is 8.08. The van der Waals surface area contributed by atoms with Crippen molar-refractivity contribution in [2.24, 2.45) is 0 Å². The lowest BCUT2D eigenvalue weighted by Gasteiger charge is -2.20. The molecule has 2 N–H and O–H groups in total. The molecule has 0 aromatic heterocycles. The van der Waals surface area contributed by atoms with Gasteiger partial charge in [0, 0.05) is 18.2 Å². The van der Waals surface area contributed by atoms with Gasteiger partial charge in [-0.3, -0.25) is 4.79 Å². The molecule has 1 atom stereocenters. The summed E-state index contributed by atoms with van der Waals surface area (Å²) in [5, 5.41) is 5.60. The van der Waals surface area contributed by atoms with E-state index in [-0.39, 0.29) is 24.5 Å². The number of rotatable bonds is 6. The standard InChI is InChI=1S/C18H28N2O3/c1-6-14-8-10-15(11-9-14)20-17(22)19-13(2)7-12-16(21)23-18(3,4)5/h8-11,13H,6-7,12H2,1-5H3,(H2,19,20,22)/t13-/m1/s1. The quantitative estimate of drug-likeness (QED) is 0.782. The summed E-state index contributed by atoms with van der Waals surface area (Å²) < 4.78 is 5.24. The summed E-state index contributed by atoms with van der Waals surface area (Å²) in [5.74, 6) is -0.248. The van der Waals surface area contributed by atoms with Crippen LogP contribution in [0, 0.1) is 0 Å². The zero-order valence-electron chi connectivity index (χ0n) is 14.7. The second-order valence-electron chi connectivity index (χ2n) is 6.68. The minimum absolute atomic E-state index is 0.113. The molecule has 5 nitrogen and oxygen atoms in total. The Bertz CT molecular complexity index is 518. The Balaban J connectivity index is 2.34. The van der Waals surface area contributed by atoms with Gasteiger partial charge in [0.15, 0.2) is 0 Å². The van der Waals surface area contributed by atoms with E-state index < -0.39 is 5.60 Å². The molecular formula is C18H28N2O3. The van der Waals surface area contributed by atoms with Crippen molar-refractivity contribution in [3.63, 3.8) is 0 Å². The Morgan fingerprint density at radius 3 is 2.30 bits per heavy atom. The number of aryl methyl sites for hydroxylation is 1. The second kappa shape index (κ2) is 8.56. The van der Waals surface area contributed by atoms with Gasteiger partial charge in [-0.2, -0.15) is 0 Å². The Kier molecular flexibility index (Phi) is 7.07. The first kappa shape index (κ1) is 19.0. The summed E-state index contributed by atoms with van der Waals surface area (Å²) in [6.45, 7) is 9.46. The zero-order chi connectivity index (χ0) is 17.5. The zero-order valence-corrected chi connectivity index (χ0v) is 14.7. The van der Waals surface area contributed by atoms with Crippen LogP contribution in [-0.4, -0.2) is 23.6 Å². The van der Waals surface area contributed by atoms with Crippen LogP contribution in [0.2, 0.25) is 0 Å². The summed E-state index contributed by atoms with van der Waals surface area (Å²) in [4.78, 5) is 23.6. The highest BCUT2D eigenvalue weighted by Gasteiger charge is 2.17. The molecule has 23 heavy (non-hydrogen) atoms. The average molecular weight is 320 g/mol. The van der Waals surface area contributed by atoms with E-state index in [0.29, 0.717) is 6.42 Å². The highest BCUT2D eigenvalue weighted by atomic mass is 16.6. The monoisotopic (exact) mass is 320 g/mol. The fourth-order valence-corrected chi connectivity index (χ4v) is 2.01. The number of esters is 1. The van der Waals surface area contributed by atoms with Gasteiger partial charge in [0.05, 0.1) is 0 Å². The molecule has 0 fully saturated rings. The van der Waals surface area contributed by atoms with Gasteiger partial charge in [-0.15, -0.1) is 0 Å². The fraction of sp³-hybridized carbons (Fsp3) is 0.556. The molecule has 5 heteroatoms. The van der Waals surface area contributed by atoms with E-state index in [2.05, 4.69) is 17.6 Å². The van der Waals surface area contributed by atoms with E-state index in [1.54, 1.807) is 0 Å². The van der Waals surface area contributed by atoms with Crippen LogP contribution in [0.5, 0.6) is 0 Å². The van der Waals surface area contributed by atoms with Crippen molar-refractivity contribution in [1.29, 1.82) is 0 Å². The normalized spacial score (nSPS) is 12.4. The molecule has 0 aliphatic heterocycles. The highest BCUT2D eigenvalue weighted by Crippen LogP contribution is 2.11. The second-order valence-corrected chi connectivity index (χ2v) is 6.68. The van der Waals surface area contributed by atoms with Crippen molar-refractivity contribution in [2.45, 2.75) is 65.5 Å². The topological polar surface area (TPSA) is 67.4 Å². The maximum atomic E-state index is 11.9. The molecule has 2 amide bonds. The summed E-state index contributed by atoms with van der Waals surface area (Å²) in [5.41, 5.74) is 1.50. The number of nitrogens with one attached hydrogen (secondary N) is 2. The molecule has 0 spiro atoms. The fourth-order valence-electron chi connectivity index (χ4n) is 2.01. The van der Waals surface area contributed by atoms with Gasteiger partial charge in [0.2, 0.25) is 0 Å². The van der Waals surface area contributed by atoms with Crippen LogP contribution in [0.4, 0.5) is 10.5 Å². The summed E-state index contributed by atoms with van der Waals surface area (Å²) in [7, 11) is 0. The molecule has 0 aliphatic rings. The van der Waals surface area contributed by atoms with Crippen molar-refractivity contribution in [2.75, 3.05) is 5.32 Å². The molecule has 1 aromatic rings. The highest BCUT2D eigenvalue weighted by molar-refractivity contribution is 5.89. The lowest BCUT2D eigenvalue weighted by Crippen LogP contribution is -2.36. The number of benzene rings is 1. The summed E-state index contributed by atoms with van der Waals surface area (Å²) >= 11 is 0. The first-order chi connectivity index (χ1) is 10.7. The largest absolute Gasteiger partial charge is 0.460 e. The number of hydrogen-bond acceptors (Lipinski definition) is 3. The third kappa shape index (κ3) is 8.24.